The molecule has 0 aliphatic heterocycles. The monoisotopic (exact) mass is 572 g/mol. The fraction of sp³-hybridized carbons (Fsp3) is 0.167. The highest BCUT2D eigenvalue weighted by atomic mass is 79.9. The van der Waals surface area contributed by atoms with Crippen LogP contribution in [0.5, 0.6) is 11.5 Å². The quantitative estimate of drug-likeness (QED) is 0.239. The predicted molar refractivity (Wildman–Crippen MR) is 124 cm³/mol. The first-order valence-electron chi connectivity index (χ1n) is 10.2. The van der Waals surface area contributed by atoms with Crippen molar-refractivity contribution in [3.63, 3.8) is 0 Å². The van der Waals surface area contributed by atoms with Crippen LogP contribution in [0.3, 0.4) is 0 Å². The van der Waals surface area contributed by atoms with Crippen molar-refractivity contribution in [2.45, 2.75) is 19.0 Å². The van der Waals surface area contributed by atoms with Gasteiger partial charge in [-0.15, -0.1) is 0 Å². The molecule has 0 saturated carbocycles. The summed E-state index contributed by atoms with van der Waals surface area (Å²) < 4.78 is 92.2. The summed E-state index contributed by atoms with van der Waals surface area (Å²) in [5.74, 6) is -0.259. The lowest BCUT2D eigenvalue weighted by atomic mass is 10.0. The Hall–Kier alpha value is -3.54. The van der Waals surface area contributed by atoms with E-state index in [0.29, 0.717) is 16.3 Å². The minimum atomic E-state index is -4.88. The molecule has 1 atom stereocenters. The Morgan fingerprint density at radius 3 is 2.14 bits per heavy atom. The number of methoxy groups -OCH3 is 1. The van der Waals surface area contributed by atoms with Gasteiger partial charge >= 0.3 is 12.6 Å². The van der Waals surface area contributed by atoms with Gasteiger partial charge in [0, 0.05) is 4.47 Å². The van der Waals surface area contributed by atoms with Gasteiger partial charge in [-0.25, -0.2) is 13.8 Å². The molecular formula is C24H15BrF6N2O3. The van der Waals surface area contributed by atoms with Gasteiger partial charge in [0.05, 0.1) is 23.7 Å². The summed E-state index contributed by atoms with van der Waals surface area (Å²) in [6.07, 6.45) is -11.6. The van der Waals surface area contributed by atoms with E-state index >= 15 is 0 Å². The Labute approximate surface area is 208 Å². The zero-order valence-electron chi connectivity index (χ0n) is 18.2. The number of alkyl halides is 6. The third kappa shape index (κ3) is 4.90. The third-order valence-corrected chi connectivity index (χ3v) is 5.69. The Morgan fingerprint density at radius 1 is 0.944 bits per heavy atom. The maximum atomic E-state index is 14.1. The largest absolute Gasteiger partial charge is 0.497 e. The molecule has 4 rings (SSSR count). The van der Waals surface area contributed by atoms with E-state index in [-0.39, 0.29) is 22.2 Å². The summed E-state index contributed by atoms with van der Waals surface area (Å²) in [7, 11) is 1.40. The van der Waals surface area contributed by atoms with Crippen molar-refractivity contribution < 1.29 is 35.8 Å². The topological polar surface area (TPSA) is 53.4 Å². The molecular weight excluding hydrogens is 558 g/mol. The molecule has 2 heterocycles. The highest BCUT2D eigenvalue weighted by Crippen LogP contribution is 2.38. The first-order chi connectivity index (χ1) is 17.0. The SMILES string of the molecule is COc1ccc(-c2c(OC(F)C(F)F)c3ccc(C(F)(F)F)nc3n(-c3ccc(Br)cc3)c2=O)cc1. The van der Waals surface area contributed by atoms with Crippen LogP contribution < -0.4 is 15.0 Å². The average Bonchev–Trinajstić information content (AvgIpc) is 2.84. The first kappa shape index (κ1) is 25.5. The summed E-state index contributed by atoms with van der Waals surface area (Å²) in [6, 6.07) is 13.3. The number of halogens is 7. The number of rotatable bonds is 6. The van der Waals surface area contributed by atoms with Gasteiger partial charge < -0.3 is 9.47 Å². The molecule has 0 aliphatic rings. The maximum Gasteiger partial charge on any atom is 0.433 e. The van der Waals surface area contributed by atoms with Crippen molar-refractivity contribution in [1.29, 1.82) is 0 Å². The second-order valence-electron chi connectivity index (χ2n) is 7.42. The minimum absolute atomic E-state index is 0.130. The number of aromatic nitrogens is 2. The van der Waals surface area contributed by atoms with Crippen molar-refractivity contribution in [3.05, 3.63) is 81.2 Å². The van der Waals surface area contributed by atoms with Crippen molar-refractivity contribution >= 4 is 27.0 Å². The van der Waals surface area contributed by atoms with E-state index in [1.165, 1.54) is 43.5 Å². The second kappa shape index (κ2) is 9.84. The van der Waals surface area contributed by atoms with Gasteiger partial charge in [0.15, 0.2) is 5.65 Å². The summed E-state index contributed by atoms with van der Waals surface area (Å²) in [5.41, 5.74) is -2.94. The van der Waals surface area contributed by atoms with E-state index < -0.39 is 41.6 Å². The zero-order valence-corrected chi connectivity index (χ0v) is 19.8. The molecule has 0 spiro atoms. The van der Waals surface area contributed by atoms with E-state index in [2.05, 4.69) is 20.9 Å². The number of pyridine rings is 2. The van der Waals surface area contributed by atoms with Gasteiger partial charge in [0.2, 0.25) is 0 Å². The summed E-state index contributed by atoms with van der Waals surface area (Å²) >= 11 is 3.24. The molecule has 2 aromatic heterocycles. The van der Waals surface area contributed by atoms with Crippen LogP contribution >= 0.6 is 15.9 Å². The third-order valence-electron chi connectivity index (χ3n) is 5.16. The van der Waals surface area contributed by atoms with Gasteiger partial charge in [-0.05, 0) is 54.1 Å². The molecule has 0 aliphatic carbocycles. The van der Waals surface area contributed by atoms with Crippen LogP contribution in [0.25, 0.3) is 27.8 Å². The second-order valence-corrected chi connectivity index (χ2v) is 8.33. The molecule has 1 unspecified atom stereocenters. The lowest BCUT2D eigenvalue weighted by Crippen LogP contribution is -2.26. The fourth-order valence-electron chi connectivity index (χ4n) is 3.52. The number of fused-ring (bicyclic) bond motifs is 1. The summed E-state index contributed by atoms with van der Waals surface area (Å²) in [6.45, 7) is 0. The van der Waals surface area contributed by atoms with Gasteiger partial charge in [-0.3, -0.25) is 9.36 Å². The van der Waals surface area contributed by atoms with Crippen LogP contribution in [0.2, 0.25) is 0 Å². The smallest absolute Gasteiger partial charge is 0.433 e. The summed E-state index contributed by atoms with van der Waals surface area (Å²) in [4.78, 5) is 17.4. The number of ether oxygens (including phenoxy) is 2. The molecule has 0 amide bonds. The highest BCUT2D eigenvalue weighted by Gasteiger charge is 2.34. The minimum Gasteiger partial charge on any atom is -0.497 e. The van der Waals surface area contributed by atoms with Gasteiger partial charge in [-0.2, -0.15) is 17.6 Å². The Kier molecular flexibility index (Phi) is 6.98. The van der Waals surface area contributed by atoms with Crippen LogP contribution in [-0.4, -0.2) is 29.4 Å². The molecule has 36 heavy (non-hydrogen) atoms. The maximum absolute atomic E-state index is 14.1. The molecule has 12 heteroatoms. The Bertz CT molecular complexity index is 1450. The number of benzene rings is 2. The predicted octanol–water partition coefficient (Wildman–Crippen LogP) is 6.78. The van der Waals surface area contributed by atoms with Crippen LogP contribution in [0.4, 0.5) is 26.3 Å². The first-order valence-corrected chi connectivity index (χ1v) is 11.0. The van der Waals surface area contributed by atoms with Crippen molar-refractivity contribution in [1.82, 2.24) is 9.55 Å². The lowest BCUT2D eigenvalue weighted by Gasteiger charge is -2.20. The van der Waals surface area contributed by atoms with Crippen LogP contribution in [0.15, 0.2) is 69.9 Å². The lowest BCUT2D eigenvalue weighted by molar-refractivity contribution is -0.141. The molecule has 0 N–H and O–H groups in total. The van der Waals surface area contributed by atoms with E-state index in [0.717, 1.165) is 10.6 Å². The molecule has 0 radical (unpaired) electrons. The standard InChI is InChI=1S/C24H15BrF6N2O3/c1-35-15-8-2-12(3-9-15)18-19(36-21(28)20(26)27)16-10-11-17(24(29,30)31)32-22(16)33(23(18)34)14-6-4-13(25)5-7-14/h2-11,20-21H,1H3. The molecule has 0 saturated heterocycles. The average molecular weight is 573 g/mol. The Balaban J connectivity index is 2.15. The van der Waals surface area contributed by atoms with Crippen molar-refractivity contribution in [2.24, 2.45) is 0 Å². The van der Waals surface area contributed by atoms with E-state index in [1.54, 1.807) is 12.1 Å². The van der Waals surface area contributed by atoms with Gasteiger partial charge in [0.25, 0.3) is 11.9 Å². The molecule has 188 valence electrons. The van der Waals surface area contributed by atoms with Gasteiger partial charge in [0.1, 0.15) is 17.2 Å². The fourth-order valence-corrected chi connectivity index (χ4v) is 3.79. The molecule has 0 fully saturated rings. The van der Waals surface area contributed by atoms with E-state index in [9.17, 15) is 31.1 Å². The normalized spacial score (nSPS) is 12.7. The number of nitrogens with zero attached hydrogens (tertiary/aromatic N) is 2. The number of hydrogen-bond acceptors (Lipinski definition) is 4. The summed E-state index contributed by atoms with van der Waals surface area (Å²) in [5, 5.41) is -0.278. The molecule has 5 nitrogen and oxygen atoms in total. The van der Waals surface area contributed by atoms with Crippen LogP contribution in [0.1, 0.15) is 5.69 Å². The molecule has 2 aromatic carbocycles. The van der Waals surface area contributed by atoms with Crippen LogP contribution in [-0.2, 0) is 6.18 Å². The zero-order chi connectivity index (χ0) is 26.2. The Morgan fingerprint density at radius 2 is 1.58 bits per heavy atom. The molecule has 0 bridgehead atoms. The van der Waals surface area contributed by atoms with E-state index in [1.807, 2.05) is 0 Å². The number of hydrogen-bond donors (Lipinski definition) is 0. The van der Waals surface area contributed by atoms with Crippen LogP contribution in [0, 0.1) is 0 Å². The van der Waals surface area contributed by atoms with Crippen molar-refractivity contribution in [3.8, 4) is 28.3 Å². The van der Waals surface area contributed by atoms with Gasteiger partial charge in [-0.1, -0.05) is 28.1 Å². The highest BCUT2D eigenvalue weighted by molar-refractivity contribution is 9.10. The van der Waals surface area contributed by atoms with E-state index in [4.69, 9.17) is 9.47 Å². The molecule has 4 aromatic rings. The van der Waals surface area contributed by atoms with Crippen molar-refractivity contribution in [2.75, 3.05) is 7.11 Å².